The summed E-state index contributed by atoms with van der Waals surface area (Å²) in [5.74, 6) is -0.861. The Kier molecular flexibility index (Phi) is 8.74. The molecule has 0 fully saturated rings. The Balaban J connectivity index is 2.42. The maximum absolute atomic E-state index is 12.1. The zero-order valence-corrected chi connectivity index (χ0v) is 16.1. The number of nitrogens with one attached hydrogen (secondary N) is 1. The lowest BCUT2D eigenvalue weighted by atomic mass is 10.1. The van der Waals surface area contributed by atoms with Crippen LogP contribution in [0.2, 0.25) is 0 Å². The summed E-state index contributed by atoms with van der Waals surface area (Å²) in [7, 11) is -1.30. The molecule has 1 aromatic rings. The molecule has 0 aromatic heterocycles. The Morgan fingerprint density at radius 3 is 2.27 bits per heavy atom. The zero-order chi connectivity index (χ0) is 19.7. The maximum Gasteiger partial charge on any atom is 0.408 e. The highest BCUT2D eigenvalue weighted by Gasteiger charge is 2.24. The molecule has 0 saturated heterocycles. The summed E-state index contributed by atoms with van der Waals surface area (Å²) in [6.07, 6.45) is -1.21. The molecule has 8 heteroatoms. The highest BCUT2D eigenvalue weighted by Crippen LogP contribution is 2.16. The van der Waals surface area contributed by atoms with E-state index in [2.05, 4.69) is 5.32 Å². The fourth-order valence-electron chi connectivity index (χ4n) is 2.14. The van der Waals surface area contributed by atoms with E-state index in [1.165, 1.54) is 0 Å². The second-order valence-corrected chi connectivity index (χ2v) is 8.59. The minimum absolute atomic E-state index is 0.0165. The number of rotatable bonds is 9. The fraction of sp³-hybridized carbons (Fsp3) is 0.556. The normalized spacial score (nSPS) is 14.9. The van der Waals surface area contributed by atoms with Gasteiger partial charge in [0.05, 0.1) is 6.10 Å². The van der Waals surface area contributed by atoms with Crippen molar-refractivity contribution in [2.24, 2.45) is 0 Å². The second kappa shape index (κ2) is 10.3. The molecule has 3 N–H and O–H groups in total. The van der Waals surface area contributed by atoms with E-state index in [0.29, 0.717) is 6.42 Å². The Morgan fingerprint density at radius 2 is 1.73 bits per heavy atom. The average molecular weight is 385 g/mol. The van der Waals surface area contributed by atoms with Crippen molar-refractivity contribution in [1.82, 2.24) is 5.32 Å². The van der Waals surface area contributed by atoms with Gasteiger partial charge in [0.25, 0.3) is 0 Å². The van der Waals surface area contributed by atoms with E-state index in [1.54, 1.807) is 32.9 Å². The van der Waals surface area contributed by atoms with E-state index < -0.39 is 40.6 Å². The molecule has 0 heterocycles. The highest BCUT2D eigenvalue weighted by atomic mass is 32.2. The number of aliphatic hydroxyl groups is 1. The van der Waals surface area contributed by atoms with Crippen molar-refractivity contribution >= 4 is 22.9 Å². The van der Waals surface area contributed by atoms with E-state index in [1.807, 2.05) is 18.2 Å². The predicted molar refractivity (Wildman–Crippen MR) is 99.3 cm³/mol. The summed E-state index contributed by atoms with van der Waals surface area (Å²) in [4.78, 5) is 22.9. The Bertz CT molecular complexity index is 614. The maximum atomic E-state index is 12.1. The van der Waals surface area contributed by atoms with Crippen molar-refractivity contribution < 1.29 is 28.7 Å². The number of hydrogen-bond acceptors (Lipinski definition) is 5. The SMILES string of the molecule is CC(C)(C)OC(=O)NC(CCS(=O)CCC(O)c1ccccc1)C(=O)O. The van der Waals surface area contributed by atoms with Gasteiger partial charge in [0.1, 0.15) is 11.6 Å². The Labute approximate surface area is 156 Å². The van der Waals surface area contributed by atoms with E-state index in [4.69, 9.17) is 4.74 Å². The Hall–Kier alpha value is -1.93. The number of ether oxygens (including phenoxy) is 1. The van der Waals surface area contributed by atoms with Gasteiger partial charge in [-0.3, -0.25) is 4.21 Å². The molecule has 26 heavy (non-hydrogen) atoms. The summed E-state index contributed by atoms with van der Waals surface area (Å²) in [5, 5.41) is 21.5. The molecule has 3 unspecified atom stereocenters. The molecule has 146 valence electrons. The average Bonchev–Trinajstić information content (AvgIpc) is 2.55. The van der Waals surface area contributed by atoms with Gasteiger partial charge in [-0.1, -0.05) is 30.3 Å². The van der Waals surface area contributed by atoms with Crippen LogP contribution in [0.25, 0.3) is 0 Å². The largest absolute Gasteiger partial charge is 0.480 e. The summed E-state index contributed by atoms with van der Waals surface area (Å²) in [6.45, 7) is 5.03. The molecule has 1 rings (SSSR count). The van der Waals surface area contributed by atoms with Gasteiger partial charge in [0.15, 0.2) is 0 Å². The number of aliphatic hydroxyl groups excluding tert-OH is 1. The molecule has 3 atom stereocenters. The molecule has 0 aliphatic rings. The van der Waals surface area contributed by atoms with Crippen LogP contribution in [-0.2, 0) is 20.3 Å². The molecule has 0 spiro atoms. The molecule has 1 amide bonds. The molecule has 0 radical (unpaired) electrons. The molecule has 0 bridgehead atoms. The quantitative estimate of drug-likeness (QED) is 0.601. The molecule has 0 aliphatic heterocycles. The number of aliphatic carboxylic acids is 1. The monoisotopic (exact) mass is 385 g/mol. The van der Waals surface area contributed by atoms with Crippen LogP contribution >= 0.6 is 0 Å². The van der Waals surface area contributed by atoms with Gasteiger partial charge in [-0.25, -0.2) is 9.59 Å². The predicted octanol–water partition coefficient (Wildman–Crippen LogP) is 2.23. The molecule has 0 saturated carbocycles. The third-order valence-electron chi connectivity index (χ3n) is 3.43. The van der Waals surface area contributed by atoms with Crippen LogP contribution in [0, 0.1) is 0 Å². The van der Waals surface area contributed by atoms with Crippen LogP contribution in [0.4, 0.5) is 4.79 Å². The molecule has 1 aromatic carbocycles. The Morgan fingerprint density at radius 1 is 1.15 bits per heavy atom. The van der Waals surface area contributed by atoms with Crippen LogP contribution in [0.1, 0.15) is 45.3 Å². The third kappa shape index (κ3) is 8.96. The van der Waals surface area contributed by atoms with Gasteiger partial charge >= 0.3 is 12.1 Å². The van der Waals surface area contributed by atoms with Crippen LogP contribution in [-0.4, -0.2) is 49.6 Å². The third-order valence-corrected chi connectivity index (χ3v) is 4.81. The van der Waals surface area contributed by atoms with Gasteiger partial charge in [-0.2, -0.15) is 0 Å². The number of benzene rings is 1. The van der Waals surface area contributed by atoms with Crippen LogP contribution in [0.3, 0.4) is 0 Å². The van der Waals surface area contributed by atoms with Crippen molar-refractivity contribution in [3.05, 3.63) is 35.9 Å². The first-order valence-electron chi connectivity index (χ1n) is 8.39. The number of carboxylic acids is 1. The lowest BCUT2D eigenvalue weighted by Crippen LogP contribution is -2.44. The van der Waals surface area contributed by atoms with Crippen molar-refractivity contribution in [2.45, 2.75) is 51.4 Å². The first-order chi connectivity index (χ1) is 12.1. The number of carbonyl (C=O) groups excluding carboxylic acids is 1. The molecular weight excluding hydrogens is 358 g/mol. The highest BCUT2D eigenvalue weighted by molar-refractivity contribution is 7.84. The zero-order valence-electron chi connectivity index (χ0n) is 15.3. The summed E-state index contributed by atoms with van der Waals surface area (Å²) >= 11 is 0. The van der Waals surface area contributed by atoms with Gasteiger partial charge in [-0.15, -0.1) is 0 Å². The first-order valence-corrected chi connectivity index (χ1v) is 9.87. The number of amides is 1. The molecular formula is C18H27NO6S. The van der Waals surface area contributed by atoms with Gasteiger partial charge < -0.3 is 20.3 Å². The van der Waals surface area contributed by atoms with E-state index in [9.17, 15) is 24.0 Å². The number of carboxylic acid groups (broad SMARTS) is 1. The van der Waals surface area contributed by atoms with E-state index >= 15 is 0 Å². The van der Waals surface area contributed by atoms with Crippen molar-refractivity contribution in [1.29, 1.82) is 0 Å². The van der Waals surface area contributed by atoms with E-state index in [0.717, 1.165) is 5.56 Å². The summed E-state index contributed by atoms with van der Waals surface area (Å²) in [5.41, 5.74) is 0.0169. The topological polar surface area (TPSA) is 113 Å². The minimum atomic E-state index is -1.30. The fourth-order valence-corrected chi connectivity index (χ4v) is 3.33. The first kappa shape index (κ1) is 22.1. The van der Waals surface area contributed by atoms with Crippen LogP contribution < -0.4 is 5.32 Å². The minimum Gasteiger partial charge on any atom is -0.480 e. The second-order valence-electron chi connectivity index (χ2n) is 6.89. The number of carbonyl (C=O) groups is 2. The van der Waals surface area contributed by atoms with Gasteiger partial charge in [-0.05, 0) is 39.2 Å². The standard InChI is InChI=1S/C18H27NO6S/c1-18(2,3)25-17(23)19-14(16(21)22)9-11-26(24)12-10-15(20)13-7-5-4-6-8-13/h4-8,14-15,20H,9-12H2,1-3H3,(H,19,23)(H,21,22). The summed E-state index contributed by atoms with van der Waals surface area (Å²) in [6, 6.07) is 7.88. The van der Waals surface area contributed by atoms with Crippen molar-refractivity contribution in [3.8, 4) is 0 Å². The summed E-state index contributed by atoms with van der Waals surface area (Å²) < 4.78 is 17.1. The van der Waals surface area contributed by atoms with E-state index in [-0.39, 0.29) is 17.9 Å². The number of hydrogen-bond donors (Lipinski definition) is 3. The molecule has 7 nitrogen and oxygen atoms in total. The molecule has 0 aliphatic carbocycles. The lowest BCUT2D eigenvalue weighted by Gasteiger charge is -2.22. The number of alkyl carbamates (subject to hydrolysis) is 1. The van der Waals surface area contributed by atoms with Crippen molar-refractivity contribution in [3.63, 3.8) is 0 Å². The van der Waals surface area contributed by atoms with Crippen LogP contribution in [0.15, 0.2) is 30.3 Å². The van der Waals surface area contributed by atoms with Gasteiger partial charge in [0.2, 0.25) is 0 Å². The van der Waals surface area contributed by atoms with Crippen LogP contribution in [0.5, 0.6) is 0 Å². The lowest BCUT2D eigenvalue weighted by molar-refractivity contribution is -0.139. The van der Waals surface area contributed by atoms with Crippen molar-refractivity contribution in [2.75, 3.05) is 11.5 Å². The smallest absolute Gasteiger partial charge is 0.408 e. The van der Waals surface area contributed by atoms with Gasteiger partial charge in [0, 0.05) is 22.3 Å².